The number of hydrogen-bond acceptors (Lipinski definition) is 4. The van der Waals surface area contributed by atoms with E-state index in [0.717, 1.165) is 11.3 Å². The Balaban J connectivity index is 1.97. The monoisotopic (exact) mass is 272 g/mol. The molecule has 0 saturated carbocycles. The molecule has 0 fully saturated rings. The number of nitrogens with one attached hydrogen (secondary N) is 1. The highest BCUT2D eigenvalue weighted by Gasteiger charge is 2.14. The Hall–Kier alpha value is -1.91. The van der Waals surface area contributed by atoms with Crippen molar-refractivity contribution in [3.05, 3.63) is 59.9 Å². The van der Waals surface area contributed by atoms with Gasteiger partial charge in [-0.05, 0) is 43.2 Å². The van der Waals surface area contributed by atoms with E-state index < -0.39 is 0 Å². The summed E-state index contributed by atoms with van der Waals surface area (Å²) in [5.41, 5.74) is 2.03. The van der Waals surface area contributed by atoms with E-state index in [0.29, 0.717) is 6.42 Å². The lowest BCUT2D eigenvalue weighted by molar-refractivity contribution is 0.232. The molecule has 2 atom stereocenters. The van der Waals surface area contributed by atoms with Gasteiger partial charge >= 0.3 is 0 Å². The van der Waals surface area contributed by atoms with Crippen molar-refractivity contribution in [3.63, 3.8) is 0 Å². The van der Waals surface area contributed by atoms with E-state index in [1.807, 2.05) is 37.3 Å². The van der Waals surface area contributed by atoms with E-state index in [4.69, 9.17) is 0 Å². The van der Waals surface area contributed by atoms with Gasteiger partial charge in [-0.3, -0.25) is 4.98 Å². The fourth-order valence-corrected chi connectivity index (χ4v) is 2.16. The van der Waals surface area contributed by atoms with E-state index in [2.05, 4.69) is 10.3 Å². The highest BCUT2D eigenvalue weighted by molar-refractivity contribution is 5.26. The number of rotatable bonds is 6. The molecule has 1 aromatic carbocycles. The normalized spacial score (nSPS) is 13.9. The first-order chi connectivity index (χ1) is 9.69. The van der Waals surface area contributed by atoms with E-state index in [1.165, 1.54) is 0 Å². The quantitative estimate of drug-likeness (QED) is 0.753. The number of aliphatic hydroxyl groups excluding tert-OH is 1. The second-order valence-electron chi connectivity index (χ2n) is 4.89. The average Bonchev–Trinajstić information content (AvgIpc) is 2.49. The highest BCUT2D eigenvalue weighted by atomic mass is 16.3. The van der Waals surface area contributed by atoms with Gasteiger partial charge in [0.15, 0.2) is 0 Å². The van der Waals surface area contributed by atoms with Gasteiger partial charge in [-0.2, -0.15) is 0 Å². The average molecular weight is 272 g/mol. The Bertz CT molecular complexity index is 514. The molecule has 1 aromatic heterocycles. The summed E-state index contributed by atoms with van der Waals surface area (Å²) in [6.07, 6.45) is 2.47. The van der Waals surface area contributed by atoms with Crippen LogP contribution in [0.1, 0.15) is 24.2 Å². The maximum atomic E-state index is 9.51. The topological polar surface area (TPSA) is 65.4 Å². The first-order valence-electron chi connectivity index (χ1n) is 6.75. The molecule has 20 heavy (non-hydrogen) atoms. The second-order valence-corrected chi connectivity index (χ2v) is 4.89. The second kappa shape index (κ2) is 7.03. The molecule has 0 saturated heterocycles. The lowest BCUT2D eigenvalue weighted by atomic mass is 10.0. The first kappa shape index (κ1) is 14.5. The third-order valence-corrected chi connectivity index (χ3v) is 3.26. The minimum Gasteiger partial charge on any atom is -0.508 e. The number of hydrogen-bond donors (Lipinski definition) is 3. The van der Waals surface area contributed by atoms with Crippen molar-refractivity contribution in [1.29, 1.82) is 0 Å². The van der Waals surface area contributed by atoms with E-state index in [1.54, 1.807) is 18.3 Å². The number of phenolic OH excluding ortho intramolecular Hbond substituents is 1. The maximum Gasteiger partial charge on any atom is 0.115 e. The molecule has 1 heterocycles. The van der Waals surface area contributed by atoms with Crippen molar-refractivity contribution in [3.8, 4) is 5.75 Å². The third kappa shape index (κ3) is 4.05. The molecular formula is C16H20N2O2. The lowest BCUT2D eigenvalue weighted by Gasteiger charge is -2.21. The van der Waals surface area contributed by atoms with Crippen molar-refractivity contribution in [2.45, 2.75) is 25.4 Å². The molecule has 0 spiro atoms. The largest absolute Gasteiger partial charge is 0.508 e. The molecular weight excluding hydrogens is 252 g/mol. The minimum atomic E-state index is -0.0449. The van der Waals surface area contributed by atoms with Crippen LogP contribution in [0, 0.1) is 0 Å². The standard InChI is InChI=1S/C16H20N2O2/c1-12(16-4-2-3-9-17-16)18-14(11-19)10-13-5-7-15(20)8-6-13/h2-9,12,14,18-20H,10-11H2,1H3/t12-,14+/m1/s1. The Morgan fingerprint density at radius 2 is 1.90 bits per heavy atom. The fourth-order valence-electron chi connectivity index (χ4n) is 2.16. The molecule has 4 heteroatoms. The lowest BCUT2D eigenvalue weighted by Crippen LogP contribution is -2.36. The zero-order chi connectivity index (χ0) is 14.4. The summed E-state index contributed by atoms with van der Waals surface area (Å²) >= 11 is 0. The summed E-state index contributed by atoms with van der Waals surface area (Å²) in [4.78, 5) is 4.31. The Morgan fingerprint density at radius 3 is 2.50 bits per heavy atom. The fraction of sp³-hybridized carbons (Fsp3) is 0.312. The summed E-state index contributed by atoms with van der Waals surface area (Å²) in [5.74, 6) is 0.254. The Morgan fingerprint density at radius 1 is 1.15 bits per heavy atom. The van der Waals surface area contributed by atoms with Crippen LogP contribution in [0.2, 0.25) is 0 Å². The SMILES string of the molecule is C[C@@H](N[C@H](CO)Cc1ccc(O)cc1)c1ccccn1. The molecule has 0 aliphatic rings. The van der Waals surface area contributed by atoms with Gasteiger partial charge in [0.1, 0.15) is 5.75 Å². The van der Waals surface area contributed by atoms with Crippen LogP contribution in [-0.2, 0) is 6.42 Å². The van der Waals surface area contributed by atoms with Crippen molar-refractivity contribution in [2.24, 2.45) is 0 Å². The Labute approximate surface area is 119 Å². The molecule has 2 rings (SSSR count). The summed E-state index contributed by atoms with van der Waals surface area (Å²) in [5, 5.41) is 22.1. The van der Waals surface area contributed by atoms with E-state index in [9.17, 15) is 10.2 Å². The number of nitrogens with zero attached hydrogens (tertiary/aromatic N) is 1. The molecule has 3 N–H and O–H groups in total. The number of aromatic nitrogens is 1. The van der Waals surface area contributed by atoms with Crippen molar-refractivity contribution in [1.82, 2.24) is 10.3 Å². The van der Waals surface area contributed by atoms with Crippen molar-refractivity contribution in [2.75, 3.05) is 6.61 Å². The van der Waals surface area contributed by atoms with Crippen molar-refractivity contribution >= 4 is 0 Å². The van der Waals surface area contributed by atoms with Gasteiger partial charge in [-0.15, -0.1) is 0 Å². The zero-order valence-electron chi connectivity index (χ0n) is 11.5. The van der Waals surface area contributed by atoms with Gasteiger partial charge in [0.2, 0.25) is 0 Å². The van der Waals surface area contributed by atoms with Crippen LogP contribution in [0.3, 0.4) is 0 Å². The number of aliphatic hydroxyl groups is 1. The number of phenols is 1. The summed E-state index contributed by atoms with van der Waals surface area (Å²) in [7, 11) is 0. The maximum absolute atomic E-state index is 9.51. The highest BCUT2D eigenvalue weighted by Crippen LogP contribution is 2.14. The van der Waals surface area contributed by atoms with Crippen LogP contribution >= 0.6 is 0 Å². The third-order valence-electron chi connectivity index (χ3n) is 3.26. The zero-order valence-corrected chi connectivity index (χ0v) is 11.5. The van der Waals surface area contributed by atoms with Gasteiger partial charge < -0.3 is 15.5 Å². The molecule has 0 bridgehead atoms. The summed E-state index contributed by atoms with van der Waals surface area (Å²) in [6, 6.07) is 12.9. The molecule has 0 amide bonds. The summed E-state index contributed by atoms with van der Waals surface area (Å²) in [6.45, 7) is 2.08. The predicted molar refractivity (Wildman–Crippen MR) is 78.5 cm³/mol. The molecule has 0 radical (unpaired) electrons. The summed E-state index contributed by atoms with van der Waals surface area (Å²) < 4.78 is 0. The van der Waals surface area contributed by atoms with Crippen molar-refractivity contribution < 1.29 is 10.2 Å². The van der Waals surface area contributed by atoms with Gasteiger partial charge in [0.25, 0.3) is 0 Å². The van der Waals surface area contributed by atoms with Gasteiger partial charge in [0, 0.05) is 18.3 Å². The van der Waals surface area contributed by atoms with Gasteiger partial charge in [-0.1, -0.05) is 18.2 Å². The van der Waals surface area contributed by atoms with Gasteiger partial charge in [-0.25, -0.2) is 0 Å². The first-order valence-corrected chi connectivity index (χ1v) is 6.75. The van der Waals surface area contributed by atoms with E-state index >= 15 is 0 Å². The number of aromatic hydroxyl groups is 1. The van der Waals surface area contributed by atoms with Crippen LogP contribution in [0.4, 0.5) is 0 Å². The molecule has 0 aliphatic carbocycles. The Kier molecular flexibility index (Phi) is 5.09. The smallest absolute Gasteiger partial charge is 0.115 e. The van der Waals surface area contributed by atoms with Gasteiger partial charge in [0.05, 0.1) is 12.3 Å². The number of pyridine rings is 1. The molecule has 0 unspecified atom stereocenters. The number of benzene rings is 1. The molecule has 106 valence electrons. The molecule has 0 aliphatic heterocycles. The predicted octanol–water partition coefficient (Wildman–Crippen LogP) is 2.04. The van der Waals surface area contributed by atoms with Crippen LogP contribution in [0.15, 0.2) is 48.7 Å². The van der Waals surface area contributed by atoms with E-state index in [-0.39, 0.29) is 24.4 Å². The minimum absolute atomic E-state index is 0.0449. The van der Waals surface area contributed by atoms with Crippen LogP contribution in [0.25, 0.3) is 0 Å². The molecule has 2 aromatic rings. The molecule has 4 nitrogen and oxygen atoms in total. The van der Waals surface area contributed by atoms with Crippen LogP contribution in [0.5, 0.6) is 5.75 Å². The van der Waals surface area contributed by atoms with Crippen LogP contribution in [-0.4, -0.2) is 27.8 Å². The van der Waals surface area contributed by atoms with Crippen LogP contribution < -0.4 is 5.32 Å².